The molecule has 55 heavy (non-hydrogen) atoms. The number of aliphatic carboxylic acids is 5. The first-order valence-electron chi connectivity index (χ1n) is 16.3. The second kappa shape index (κ2) is 39.7. The third-order valence-corrected chi connectivity index (χ3v) is 4.82. The van der Waals surface area contributed by atoms with Crippen molar-refractivity contribution < 1.29 is 113 Å². The largest absolute Gasteiger partial charge is 0.665 e. The van der Waals surface area contributed by atoms with Gasteiger partial charge >= 0.3 is 60.4 Å². The molecule has 25 heteroatoms. The predicted octanol–water partition coefficient (Wildman–Crippen LogP) is -11.0. The average Bonchev–Trinajstić information content (AvgIpc) is 3.06. The minimum absolute atomic E-state index is 0.0973. The van der Waals surface area contributed by atoms with Crippen LogP contribution in [0.15, 0.2) is 0 Å². The Morgan fingerprint density at radius 2 is 0.873 bits per heavy atom. The molecule has 0 heterocycles. The SMILES string of the molecule is CC(N)C(=O)O.CC(N[C+]=O)C(=O)O.CC([NH3+])C(=O)NC(C)C(=O)O.CC([NH3+])C(O)=[NH+]C(C)C(=O)O.CC([NH3+])C(O)=[NH+]C(C)C(=O)O.CC([NH3+])[C+]=O.CC[NH3+]. The highest BCUT2D eigenvalue weighted by atomic mass is 16.4. The summed E-state index contributed by atoms with van der Waals surface area (Å²) in [6, 6.07) is -5.18. The molecule has 0 saturated heterocycles. The quantitative estimate of drug-likeness (QED) is 0.0335. The molecule has 0 aliphatic rings. The maximum Gasteiger partial charge on any atom is 0.665 e. The van der Waals surface area contributed by atoms with Gasteiger partial charge in [-0.1, -0.05) is 0 Å². The molecule has 0 aromatic rings. The van der Waals surface area contributed by atoms with E-state index in [1.807, 2.05) is 12.2 Å². The Hall–Kier alpha value is -5.52. The number of amides is 2. The molecule has 0 rings (SSSR count). The highest BCUT2D eigenvalue weighted by Gasteiger charge is 2.21. The molecule has 0 spiro atoms. The fraction of sp³-hybridized carbons (Fsp3) is 0.667. The Morgan fingerprint density at radius 3 is 1.00 bits per heavy atom. The van der Waals surface area contributed by atoms with Crippen LogP contribution in [0.1, 0.15) is 69.2 Å². The lowest BCUT2D eigenvalue weighted by molar-refractivity contribution is -0.512. The minimum atomic E-state index is -1.06. The van der Waals surface area contributed by atoms with Gasteiger partial charge < -0.3 is 75.5 Å². The van der Waals surface area contributed by atoms with Gasteiger partial charge in [-0.25, -0.2) is 14.4 Å². The number of hydrogen-bond donors (Lipinski definition) is 17. The Balaban J connectivity index is -0.000000101. The minimum Gasteiger partial charge on any atom is -0.480 e. The van der Waals surface area contributed by atoms with Gasteiger partial charge in [-0.05, 0) is 34.6 Å². The molecular weight excluding hydrogens is 740 g/mol. The number of nitrogens with one attached hydrogen (secondary N) is 4. The summed E-state index contributed by atoms with van der Waals surface area (Å²) in [5, 5.41) is 63.4. The number of nitrogens with two attached hydrogens (primary N) is 1. The molecule has 9 unspecified atom stereocenters. The third kappa shape index (κ3) is 55.4. The summed E-state index contributed by atoms with van der Waals surface area (Å²) in [7, 11) is 0. The number of rotatable bonds is 14. The lowest BCUT2D eigenvalue weighted by Crippen LogP contribution is -2.86. The maximum atomic E-state index is 10.8. The normalized spacial score (nSPS) is 14.8. The summed E-state index contributed by atoms with van der Waals surface area (Å²) < 4.78 is 0. The van der Waals surface area contributed by atoms with E-state index in [9.17, 15) is 38.4 Å². The van der Waals surface area contributed by atoms with E-state index < -0.39 is 66.1 Å². The highest BCUT2D eigenvalue weighted by molar-refractivity contribution is 5.85. The molecule has 28 N–H and O–H groups in total. The van der Waals surface area contributed by atoms with Crippen LogP contribution in [0, 0.1) is 0 Å². The maximum absolute atomic E-state index is 10.8. The van der Waals surface area contributed by atoms with Crippen LogP contribution in [-0.2, 0) is 38.4 Å². The number of quaternary nitrogens is 5. The number of carbonyl (C=O) groups is 6. The van der Waals surface area contributed by atoms with E-state index in [-0.39, 0.29) is 35.8 Å². The number of carboxylic acids is 5. The molecule has 2 amide bonds. The van der Waals surface area contributed by atoms with Crippen LogP contribution in [0.2, 0.25) is 0 Å². The van der Waals surface area contributed by atoms with Gasteiger partial charge in [-0.15, -0.1) is 5.32 Å². The summed E-state index contributed by atoms with van der Waals surface area (Å²) in [6.45, 7) is 16.7. The number of aliphatic hydroxyl groups is 2. The van der Waals surface area contributed by atoms with E-state index in [1.165, 1.54) is 41.0 Å². The van der Waals surface area contributed by atoms with Crippen molar-refractivity contribution in [2.45, 2.75) is 124 Å². The zero-order valence-electron chi connectivity index (χ0n) is 33.4. The number of carbonyl (C=O) groups excluding carboxylic acids is 3. The van der Waals surface area contributed by atoms with E-state index in [4.69, 9.17) is 41.5 Å². The van der Waals surface area contributed by atoms with Gasteiger partial charge in [-0.2, -0.15) is 9.98 Å². The van der Waals surface area contributed by atoms with Crippen molar-refractivity contribution in [3.63, 3.8) is 0 Å². The van der Waals surface area contributed by atoms with Crippen molar-refractivity contribution in [1.82, 2.24) is 10.6 Å². The standard InChI is InChI=1S/3C6H12N2O3.C4H5NO3.C3H7NO2.C3H6NO.C2H7N/c3*1-3(7)5(9)8-4(2)6(10)11;1-3(4(7)8)5-2-6;1-2(4)3(5)6;1-3(4)2-5;1-2-3/h3*3-4H,7H2,1-2H3,(H,8,9)(H,10,11);3H,1H3,(H-,5,6,7,8);2H,4H2,1H3,(H,5,6);3H,4H2,1H3;2-3H2,1H3/q;;;;;+1;/p+8. The zero-order chi connectivity index (χ0) is 45.8. The van der Waals surface area contributed by atoms with Gasteiger partial charge in [0.05, 0.1) is 11.3 Å². The van der Waals surface area contributed by atoms with E-state index in [2.05, 4.69) is 44.0 Å². The highest BCUT2D eigenvalue weighted by Crippen LogP contribution is 1.82. The number of carboxylic acid groups (broad SMARTS) is 5. The van der Waals surface area contributed by atoms with Gasteiger partial charge in [-0.3, -0.25) is 14.4 Å². The first-order chi connectivity index (χ1) is 24.8. The Bertz CT molecular complexity index is 1130. The average molecular weight is 810 g/mol. The van der Waals surface area contributed by atoms with Crippen LogP contribution in [0.3, 0.4) is 0 Å². The molecule has 320 valence electrons. The van der Waals surface area contributed by atoms with Gasteiger partial charge in [0, 0.05) is 39.4 Å². The second-order valence-electron chi connectivity index (χ2n) is 11.4. The lowest BCUT2D eigenvalue weighted by atomic mass is 10.3. The Kier molecular flexibility index (Phi) is 46.5. The molecule has 0 radical (unpaired) electrons. The van der Waals surface area contributed by atoms with Crippen molar-refractivity contribution >= 4 is 60.2 Å². The van der Waals surface area contributed by atoms with E-state index >= 15 is 0 Å². The lowest BCUT2D eigenvalue weighted by Gasteiger charge is -2.08. The summed E-state index contributed by atoms with van der Waals surface area (Å²) in [6.07, 6.45) is 2.93. The van der Waals surface area contributed by atoms with E-state index in [1.54, 1.807) is 34.0 Å². The smallest absolute Gasteiger partial charge is 0.480 e. The van der Waals surface area contributed by atoms with Crippen LogP contribution in [0.5, 0.6) is 0 Å². The molecule has 0 saturated carbocycles. The molecular formula is C30H69N10O15+9. The molecule has 0 aromatic heterocycles. The van der Waals surface area contributed by atoms with Gasteiger partial charge in [0.1, 0.15) is 12.1 Å². The van der Waals surface area contributed by atoms with Crippen LogP contribution < -0.4 is 55.0 Å². The van der Waals surface area contributed by atoms with Crippen molar-refractivity contribution in [3.8, 4) is 0 Å². The fourth-order valence-corrected chi connectivity index (χ4v) is 1.42. The summed E-state index contributed by atoms with van der Waals surface area (Å²) >= 11 is 0. The van der Waals surface area contributed by atoms with Crippen LogP contribution in [0.25, 0.3) is 0 Å². The van der Waals surface area contributed by atoms with Crippen LogP contribution in [-0.4, -0.2) is 157 Å². The molecule has 9 atom stereocenters. The molecule has 0 fully saturated rings. The van der Waals surface area contributed by atoms with Gasteiger partial charge in [0.15, 0.2) is 12.1 Å². The summed E-state index contributed by atoms with van der Waals surface area (Å²) in [5.41, 5.74) is 22.1. The molecule has 0 aliphatic heterocycles. The molecule has 0 bridgehead atoms. The summed E-state index contributed by atoms with van der Waals surface area (Å²) in [5.74, 6) is -5.61. The van der Waals surface area contributed by atoms with Crippen molar-refractivity contribution in [2.24, 2.45) is 5.73 Å². The van der Waals surface area contributed by atoms with E-state index in [0.29, 0.717) is 0 Å². The zero-order valence-corrected chi connectivity index (χ0v) is 33.4. The predicted molar refractivity (Wildman–Crippen MR) is 192 cm³/mol. The molecule has 0 aliphatic carbocycles. The molecule has 25 nitrogen and oxygen atoms in total. The number of hydrogen-bond acceptors (Lipinski definition) is 9. The topological polar surface area (TPSA) is 494 Å². The van der Waals surface area contributed by atoms with Gasteiger partial charge in [0.25, 0.3) is 5.91 Å². The van der Waals surface area contributed by atoms with E-state index in [0.717, 1.165) is 6.54 Å². The van der Waals surface area contributed by atoms with Crippen molar-refractivity contribution in [1.29, 1.82) is 0 Å². The fourth-order valence-electron chi connectivity index (χ4n) is 1.42. The third-order valence-electron chi connectivity index (χ3n) is 4.82. The van der Waals surface area contributed by atoms with Crippen LogP contribution >= 0.6 is 0 Å². The van der Waals surface area contributed by atoms with Crippen molar-refractivity contribution in [3.05, 3.63) is 0 Å². The summed E-state index contributed by atoms with van der Waals surface area (Å²) in [4.78, 5) is 84.5. The first-order valence-corrected chi connectivity index (χ1v) is 16.3. The first kappa shape index (κ1) is 64.4. The van der Waals surface area contributed by atoms with Gasteiger partial charge in [0.2, 0.25) is 24.2 Å². The second-order valence-corrected chi connectivity index (χ2v) is 11.4. The van der Waals surface area contributed by atoms with Crippen molar-refractivity contribution in [2.75, 3.05) is 6.54 Å². The molecule has 0 aromatic carbocycles. The Morgan fingerprint density at radius 1 is 0.600 bits per heavy atom. The Labute approximate surface area is 319 Å². The van der Waals surface area contributed by atoms with Crippen LogP contribution in [0.4, 0.5) is 0 Å². The number of aliphatic hydroxyl groups excluding tert-OH is 2. The monoisotopic (exact) mass is 809 g/mol.